The molecule has 94 valence electrons. The molecule has 2 fully saturated rings. The van der Waals surface area contributed by atoms with E-state index in [0.29, 0.717) is 5.54 Å². The number of nitrogens with zero attached hydrogens (tertiary/aromatic N) is 1. The molecule has 0 aromatic heterocycles. The lowest BCUT2D eigenvalue weighted by Crippen LogP contribution is -2.60. The molecule has 0 aliphatic carbocycles. The summed E-state index contributed by atoms with van der Waals surface area (Å²) >= 11 is 2.10. The van der Waals surface area contributed by atoms with Crippen molar-refractivity contribution in [1.82, 2.24) is 4.90 Å². The molecule has 3 heteroatoms. The molecule has 2 atom stereocenters. The van der Waals surface area contributed by atoms with Crippen LogP contribution < -0.4 is 5.73 Å². The highest BCUT2D eigenvalue weighted by atomic mass is 32.2. The van der Waals surface area contributed by atoms with E-state index in [1.807, 2.05) is 0 Å². The first-order valence-corrected chi connectivity index (χ1v) is 7.88. The third-order valence-corrected chi connectivity index (χ3v) is 5.54. The summed E-state index contributed by atoms with van der Waals surface area (Å²) in [7, 11) is 0. The van der Waals surface area contributed by atoms with E-state index >= 15 is 0 Å². The first kappa shape index (κ1) is 12.7. The number of nitrogens with two attached hydrogens (primary N) is 1. The first-order valence-electron chi connectivity index (χ1n) is 6.72. The molecule has 0 aromatic rings. The molecule has 16 heavy (non-hydrogen) atoms. The van der Waals surface area contributed by atoms with Crippen molar-refractivity contribution in [3.63, 3.8) is 0 Å². The Hall–Kier alpha value is 0.270. The molecule has 2 aliphatic rings. The van der Waals surface area contributed by atoms with E-state index in [2.05, 4.69) is 30.5 Å². The van der Waals surface area contributed by atoms with E-state index < -0.39 is 0 Å². The molecule has 0 radical (unpaired) electrons. The monoisotopic (exact) mass is 242 g/mol. The molecule has 2 N–H and O–H groups in total. The summed E-state index contributed by atoms with van der Waals surface area (Å²) in [6.07, 6.45) is 5.31. The molecule has 0 aromatic carbocycles. The van der Waals surface area contributed by atoms with Crippen molar-refractivity contribution in [2.75, 3.05) is 24.6 Å². The van der Waals surface area contributed by atoms with Crippen molar-refractivity contribution in [1.29, 1.82) is 0 Å². The van der Waals surface area contributed by atoms with E-state index in [1.165, 1.54) is 43.7 Å². The molecule has 2 unspecified atom stereocenters. The standard InChI is InChI=1S/C13H26N2S/c1-11-3-6-15(12(2)9-11)13(10-14)4-7-16-8-5-13/h11-12H,3-10,14H2,1-2H3. The number of thioether (sulfide) groups is 1. The summed E-state index contributed by atoms with van der Waals surface area (Å²) in [5.41, 5.74) is 6.45. The van der Waals surface area contributed by atoms with Gasteiger partial charge >= 0.3 is 0 Å². The summed E-state index contributed by atoms with van der Waals surface area (Å²) < 4.78 is 0. The second-order valence-corrected chi connectivity index (χ2v) is 6.94. The fourth-order valence-electron chi connectivity index (χ4n) is 3.47. The molecular formula is C13H26N2S. The van der Waals surface area contributed by atoms with Crippen molar-refractivity contribution in [2.45, 2.75) is 51.1 Å². The average Bonchev–Trinajstić information content (AvgIpc) is 2.30. The van der Waals surface area contributed by atoms with Gasteiger partial charge in [0.05, 0.1) is 0 Å². The van der Waals surface area contributed by atoms with Gasteiger partial charge in [-0.25, -0.2) is 0 Å². The van der Waals surface area contributed by atoms with Gasteiger partial charge in [-0.3, -0.25) is 4.90 Å². The fourth-order valence-corrected chi connectivity index (χ4v) is 4.72. The number of piperidine rings is 1. The Kier molecular flexibility index (Phi) is 4.20. The van der Waals surface area contributed by atoms with Crippen LogP contribution >= 0.6 is 11.8 Å². The molecule has 0 amide bonds. The van der Waals surface area contributed by atoms with Crippen LogP contribution in [0.2, 0.25) is 0 Å². The minimum absolute atomic E-state index is 0.338. The lowest BCUT2D eigenvalue weighted by atomic mass is 9.83. The Morgan fingerprint density at radius 2 is 2.00 bits per heavy atom. The zero-order valence-electron chi connectivity index (χ0n) is 10.7. The van der Waals surface area contributed by atoms with Gasteiger partial charge in [0.2, 0.25) is 0 Å². The van der Waals surface area contributed by atoms with Crippen LogP contribution in [-0.2, 0) is 0 Å². The smallest absolute Gasteiger partial charge is 0.0350 e. The Morgan fingerprint density at radius 3 is 2.56 bits per heavy atom. The lowest BCUT2D eigenvalue weighted by molar-refractivity contribution is 0.00910. The molecule has 2 nitrogen and oxygen atoms in total. The Bertz CT molecular complexity index is 226. The van der Waals surface area contributed by atoms with Crippen LogP contribution in [0.15, 0.2) is 0 Å². The van der Waals surface area contributed by atoms with Gasteiger partial charge in [-0.05, 0) is 56.6 Å². The second kappa shape index (κ2) is 5.28. The minimum atomic E-state index is 0.338. The zero-order chi connectivity index (χ0) is 11.6. The summed E-state index contributed by atoms with van der Waals surface area (Å²) in [4.78, 5) is 2.74. The zero-order valence-corrected chi connectivity index (χ0v) is 11.6. The van der Waals surface area contributed by atoms with E-state index in [4.69, 9.17) is 5.73 Å². The molecule has 2 saturated heterocycles. The molecule has 2 heterocycles. The Labute approximate surface area is 104 Å². The number of hydrogen-bond acceptors (Lipinski definition) is 3. The van der Waals surface area contributed by atoms with Crippen LogP contribution in [0.3, 0.4) is 0 Å². The summed E-state index contributed by atoms with van der Waals surface area (Å²) in [6.45, 7) is 6.91. The maximum atomic E-state index is 6.12. The molecule has 0 bridgehead atoms. The summed E-state index contributed by atoms with van der Waals surface area (Å²) in [6, 6.07) is 0.732. The normalized spacial score (nSPS) is 36.2. The fraction of sp³-hybridized carbons (Fsp3) is 1.00. The van der Waals surface area contributed by atoms with Gasteiger partial charge in [-0.1, -0.05) is 6.92 Å². The summed E-state index contributed by atoms with van der Waals surface area (Å²) in [5, 5.41) is 0. The Morgan fingerprint density at radius 1 is 1.31 bits per heavy atom. The van der Waals surface area contributed by atoms with Crippen molar-refractivity contribution >= 4 is 11.8 Å². The predicted molar refractivity (Wildman–Crippen MR) is 72.9 cm³/mol. The van der Waals surface area contributed by atoms with Gasteiger partial charge < -0.3 is 5.73 Å². The van der Waals surface area contributed by atoms with E-state index in [1.54, 1.807) is 0 Å². The SMILES string of the molecule is CC1CCN(C2(CN)CCSCC2)C(C)C1. The average molecular weight is 242 g/mol. The second-order valence-electron chi connectivity index (χ2n) is 5.71. The summed E-state index contributed by atoms with van der Waals surface area (Å²) in [5.74, 6) is 3.51. The first-order chi connectivity index (χ1) is 7.68. The van der Waals surface area contributed by atoms with Crippen molar-refractivity contribution in [3.05, 3.63) is 0 Å². The van der Waals surface area contributed by atoms with E-state index in [0.717, 1.165) is 18.5 Å². The van der Waals surface area contributed by atoms with Gasteiger partial charge in [-0.2, -0.15) is 11.8 Å². The van der Waals surface area contributed by atoms with Crippen LogP contribution in [0.4, 0.5) is 0 Å². The highest BCUT2D eigenvalue weighted by molar-refractivity contribution is 7.99. The van der Waals surface area contributed by atoms with Crippen LogP contribution in [0, 0.1) is 5.92 Å². The van der Waals surface area contributed by atoms with Crippen LogP contribution in [0.5, 0.6) is 0 Å². The van der Waals surface area contributed by atoms with Crippen LogP contribution in [-0.4, -0.2) is 41.1 Å². The topological polar surface area (TPSA) is 29.3 Å². The predicted octanol–water partition coefficient (Wildman–Crippen LogP) is 2.33. The molecule has 0 saturated carbocycles. The van der Waals surface area contributed by atoms with Crippen LogP contribution in [0.25, 0.3) is 0 Å². The minimum Gasteiger partial charge on any atom is -0.329 e. The number of hydrogen-bond donors (Lipinski definition) is 1. The quantitative estimate of drug-likeness (QED) is 0.806. The van der Waals surface area contributed by atoms with Crippen molar-refractivity contribution in [3.8, 4) is 0 Å². The third-order valence-electron chi connectivity index (χ3n) is 4.55. The molecule has 2 aliphatic heterocycles. The third kappa shape index (κ3) is 2.41. The Balaban J connectivity index is 2.07. The van der Waals surface area contributed by atoms with Crippen molar-refractivity contribution < 1.29 is 0 Å². The maximum Gasteiger partial charge on any atom is 0.0350 e. The van der Waals surface area contributed by atoms with Crippen LogP contribution in [0.1, 0.15) is 39.5 Å². The largest absolute Gasteiger partial charge is 0.329 e. The van der Waals surface area contributed by atoms with Crippen molar-refractivity contribution in [2.24, 2.45) is 11.7 Å². The van der Waals surface area contributed by atoms with Gasteiger partial charge in [-0.15, -0.1) is 0 Å². The van der Waals surface area contributed by atoms with Gasteiger partial charge in [0.1, 0.15) is 0 Å². The van der Waals surface area contributed by atoms with Gasteiger partial charge in [0.25, 0.3) is 0 Å². The highest BCUT2D eigenvalue weighted by Crippen LogP contribution is 2.37. The highest BCUT2D eigenvalue weighted by Gasteiger charge is 2.40. The maximum absolute atomic E-state index is 6.12. The molecular weight excluding hydrogens is 216 g/mol. The van der Waals surface area contributed by atoms with Gasteiger partial charge in [0.15, 0.2) is 0 Å². The van der Waals surface area contributed by atoms with E-state index in [9.17, 15) is 0 Å². The number of likely N-dealkylation sites (tertiary alicyclic amines) is 1. The van der Waals surface area contributed by atoms with Gasteiger partial charge in [0, 0.05) is 18.1 Å². The van der Waals surface area contributed by atoms with E-state index in [-0.39, 0.29) is 0 Å². The lowest BCUT2D eigenvalue weighted by Gasteiger charge is -2.51. The number of rotatable bonds is 2. The molecule has 0 spiro atoms. The molecule has 2 rings (SSSR count).